The number of benzene rings is 2. The maximum Gasteiger partial charge on any atom is 0.244 e. The fourth-order valence-corrected chi connectivity index (χ4v) is 2.18. The van der Waals surface area contributed by atoms with Crippen LogP contribution in [0.5, 0.6) is 11.5 Å². The summed E-state index contributed by atoms with van der Waals surface area (Å²) in [5.74, 6) is 0.280. The number of carbonyl (C=O) groups excluding carboxylic acids is 1. The Morgan fingerprint density at radius 1 is 1.17 bits per heavy atom. The van der Waals surface area contributed by atoms with Crippen LogP contribution in [0.3, 0.4) is 0 Å². The summed E-state index contributed by atoms with van der Waals surface area (Å²) in [5, 5.41) is 2.79. The molecular formula is C19H20FNO3. The maximum absolute atomic E-state index is 13.6. The molecule has 2 aromatic rings. The predicted octanol–water partition coefficient (Wildman–Crippen LogP) is 3.22. The summed E-state index contributed by atoms with van der Waals surface area (Å²) < 4.78 is 23.6. The molecule has 0 aliphatic heterocycles. The van der Waals surface area contributed by atoms with Crippen LogP contribution in [-0.2, 0) is 11.2 Å². The number of hydrogen-bond acceptors (Lipinski definition) is 3. The van der Waals surface area contributed by atoms with Crippen molar-refractivity contribution in [3.8, 4) is 11.5 Å². The lowest BCUT2D eigenvalue weighted by Gasteiger charge is -2.05. The highest BCUT2D eigenvalue weighted by Crippen LogP contribution is 2.18. The molecule has 24 heavy (non-hydrogen) atoms. The van der Waals surface area contributed by atoms with Crippen LogP contribution in [0.2, 0.25) is 0 Å². The van der Waals surface area contributed by atoms with Gasteiger partial charge in [-0.15, -0.1) is 0 Å². The van der Waals surface area contributed by atoms with Crippen molar-refractivity contribution in [1.29, 1.82) is 0 Å². The summed E-state index contributed by atoms with van der Waals surface area (Å²) in [6.45, 7) is 0.507. The van der Waals surface area contributed by atoms with Gasteiger partial charge in [-0.1, -0.05) is 18.2 Å². The van der Waals surface area contributed by atoms with Gasteiger partial charge < -0.3 is 14.8 Å². The highest BCUT2D eigenvalue weighted by molar-refractivity contribution is 5.91. The van der Waals surface area contributed by atoms with Gasteiger partial charge >= 0.3 is 0 Å². The van der Waals surface area contributed by atoms with Gasteiger partial charge in [-0.25, -0.2) is 4.39 Å². The van der Waals surface area contributed by atoms with E-state index in [1.54, 1.807) is 19.3 Å². The summed E-state index contributed by atoms with van der Waals surface area (Å²) in [6, 6.07) is 12.2. The van der Waals surface area contributed by atoms with Gasteiger partial charge in [-0.2, -0.15) is 0 Å². The normalized spacial score (nSPS) is 10.6. The third-order valence-electron chi connectivity index (χ3n) is 3.45. The van der Waals surface area contributed by atoms with E-state index in [2.05, 4.69) is 5.32 Å². The molecule has 0 unspecified atom stereocenters. The van der Waals surface area contributed by atoms with Crippen LogP contribution >= 0.6 is 0 Å². The monoisotopic (exact) mass is 329 g/mol. The SMILES string of the molecule is COc1cccc(CCNC(=O)/C=C/c2ccc(OC)c(F)c2)c1. The lowest BCUT2D eigenvalue weighted by Crippen LogP contribution is -2.23. The van der Waals surface area contributed by atoms with Crippen molar-refractivity contribution in [2.24, 2.45) is 0 Å². The topological polar surface area (TPSA) is 47.6 Å². The minimum absolute atomic E-state index is 0.176. The van der Waals surface area contributed by atoms with Crippen molar-refractivity contribution in [3.63, 3.8) is 0 Å². The number of ether oxygens (including phenoxy) is 2. The quantitative estimate of drug-likeness (QED) is 0.794. The third kappa shape index (κ3) is 5.12. The van der Waals surface area contributed by atoms with E-state index in [4.69, 9.17) is 9.47 Å². The molecule has 4 nitrogen and oxygen atoms in total. The first kappa shape index (κ1) is 17.5. The van der Waals surface area contributed by atoms with Gasteiger partial charge in [0.25, 0.3) is 0 Å². The van der Waals surface area contributed by atoms with Crippen LogP contribution in [0.1, 0.15) is 11.1 Å². The zero-order chi connectivity index (χ0) is 17.4. The molecule has 0 aliphatic rings. The molecule has 1 amide bonds. The first-order chi connectivity index (χ1) is 11.6. The molecule has 0 bridgehead atoms. The Morgan fingerprint density at radius 2 is 2.00 bits per heavy atom. The van der Waals surface area contributed by atoms with Crippen LogP contribution < -0.4 is 14.8 Å². The number of rotatable bonds is 7. The van der Waals surface area contributed by atoms with Crippen LogP contribution in [0.25, 0.3) is 6.08 Å². The molecule has 0 saturated heterocycles. The Morgan fingerprint density at radius 3 is 2.71 bits per heavy atom. The Labute approximate surface area is 140 Å². The fraction of sp³-hybridized carbons (Fsp3) is 0.211. The molecule has 0 radical (unpaired) electrons. The molecule has 0 spiro atoms. The van der Waals surface area contributed by atoms with Crippen LogP contribution in [0, 0.1) is 5.82 Å². The fourth-order valence-electron chi connectivity index (χ4n) is 2.18. The Bertz CT molecular complexity index is 728. The second kappa shape index (κ2) is 8.72. The van der Waals surface area contributed by atoms with E-state index in [9.17, 15) is 9.18 Å². The number of amides is 1. The number of hydrogen-bond donors (Lipinski definition) is 1. The van der Waals surface area contributed by atoms with Crippen molar-refractivity contribution in [3.05, 3.63) is 65.5 Å². The van der Waals surface area contributed by atoms with Crippen LogP contribution in [0.4, 0.5) is 4.39 Å². The van der Waals surface area contributed by atoms with E-state index >= 15 is 0 Å². The predicted molar refractivity (Wildman–Crippen MR) is 91.7 cm³/mol. The third-order valence-corrected chi connectivity index (χ3v) is 3.45. The standard InChI is InChI=1S/C19H20FNO3/c1-23-16-5-3-4-14(12-16)10-11-21-19(22)9-7-15-6-8-18(24-2)17(20)13-15/h3-9,12-13H,10-11H2,1-2H3,(H,21,22)/b9-7+. The van der Waals surface area contributed by atoms with Gasteiger partial charge in [0.2, 0.25) is 5.91 Å². The summed E-state index contributed by atoms with van der Waals surface area (Å²) in [4.78, 5) is 11.8. The van der Waals surface area contributed by atoms with Gasteiger partial charge in [0.05, 0.1) is 14.2 Å². The van der Waals surface area contributed by atoms with Crippen molar-refractivity contribution < 1.29 is 18.7 Å². The van der Waals surface area contributed by atoms with Crippen molar-refractivity contribution >= 4 is 12.0 Å². The molecule has 0 aliphatic carbocycles. The molecule has 0 saturated carbocycles. The van der Waals surface area contributed by atoms with E-state index < -0.39 is 5.82 Å². The Hall–Kier alpha value is -2.82. The average Bonchev–Trinajstić information content (AvgIpc) is 2.60. The molecule has 0 aromatic heterocycles. The smallest absolute Gasteiger partial charge is 0.244 e. The summed E-state index contributed by atoms with van der Waals surface area (Å²) >= 11 is 0. The summed E-state index contributed by atoms with van der Waals surface area (Å²) in [6.07, 6.45) is 3.64. The number of halogens is 1. The minimum Gasteiger partial charge on any atom is -0.497 e. The molecule has 0 heterocycles. The van der Waals surface area contributed by atoms with Crippen molar-refractivity contribution in [2.75, 3.05) is 20.8 Å². The molecule has 0 atom stereocenters. The van der Waals surface area contributed by atoms with Gasteiger partial charge in [-0.05, 0) is 47.9 Å². The van der Waals surface area contributed by atoms with E-state index in [-0.39, 0.29) is 11.7 Å². The first-order valence-electron chi connectivity index (χ1n) is 7.55. The molecule has 2 rings (SSSR count). The van der Waals surface area contributed by atoms with Gasteiger partial charge in [0, 0.05) is 12.6 Å². The number of methoxy groups -OCH3 is 2. The van der Waals surface area contributed by atoms with E-state index in [1.165, 1.54) is 25.3 Å². The minimum atomic E-state index is -0.460. The summed E-state index contributed by atoms with van der Waals surface area (Å²) in [7, 11) is 3.03. The van der Waals surface area contributed by atoms with Crippen molar-refractivity contribution in [2.45, 2.75) is 6.42 Å². The van der Waals surface area contributed by atoms with Gasteiger partial charge in [0.15, 0.2) is 11.6 Å². The first-order valence-corrected chi connectivity index (χ1v) is 7.55. The maximum atomic E-state index is 13.6. The largest absolute Gasteiger partial charge is 0.497 e. The highest BCUT2D eigenvalue weighted by atomic mass is 19.1. The zero-order valence-corrected chi connectivity index (χ0v) is 13.7. The molecule has 0 fully saturated rings. The van der Waals surface area contributed by atoms with Crippen LogP contribution in [-0.4, -0.2) is 26.7 Å². The highest BCUT2D eigenvalue weighted by Gasteiger charge is 2.02. The lowest BCUT2D eigenvalue weighted by atomic mass is 10.1. The molecular weight excluding hydrogens is 309 g/mol. The van der Waals surface area contributed by atoms with E-state index in [1.807, 2.05) is 24.3 Å². The van der Waals surface area contributed by atoms with Gasteiger partial charge in [-0.3, -0.25) is 4.79 Å². The number of carbonyl (C=O) groups is 1. The average molecular weight is 329 g/mol. The van der Waals surface area contributed by atoms with Gasteiger partial charge in [0.1, 0.15) is 5.75 Å². The van der Waals surface area contributed by atoms with Crippen LogP contribution in [0.15, 0.2) is 48.5 Å². The second-order valence-corrected chi connectivity index (χ2v) is 5.12. The summed E-state index contributed by atoms with van der Waals surface area (Å²) in [5.41, 5.74) is 1.67. The molecule has 2 aromatic carbocycles. The number of nitrogens with one attached hydrogen (secondary N) is 1. The second-order valence-electron chi connectivity index (χ2n) is 5.12. The zero-order valence-electron chi connectivity index (χ0n) is 13.7. The van der Waals surface area contributed by atoms with Crippen molar-refractivity contribution in [1.82, 2.24) is 5.32 Å². The Balaban J connectivity index is 1.83. The lowest BCUT2D eigenvalue weighted by molar-refractivity contribution is -0.116. The molecule has 126 valence electrons. The molecule has 5 heteroatoms. The molecule has 1 N–H and O–H groups in total. The van der Waals surface area contributed by atoms with E-state index in [0.29, 0.717) is 18.5 Å². The Kier molecular flexibility index (Phi) is 6.37. The van der Waals surface area contributed by atoms with E-state index in [0.717, 1.165) is 11.3 Å².